The second kappa shape index (κ2) is 6.95. The van der Waals surface area contributed by atoms with Gasteiger partial charge in [-0.1, -0.05) is 42.5 Å². The zero-order chi connectivity index (χ0) is 15.4. The SMILES string of the molecule is CNCC1=C(C)N(c2ccccc2)NC1C1C=CC=CCC1. The largest absolute Gasteiger partial charge is 0.316 e. The van der Waals surface area contributed by atoms with Gasteiger partial charge in [0.15, 0.2) is 0 Å². The summed E-state index contributed by atoms with van der Waals surface area (Å²) in [4.78, 5) is 0. The summed E-state index contributed by atoms with van der Waals surface area (Å²) in [6.07, 6.45) is 11.3. The lowest BCUT2D eigenvalue weighted by molar-refractivity contribution is 0.453. The minimum atomic E-state index is 0.365. The highest BCUT2D eigenvalue weighted by molar-refractivity contribution is 5.55. The summed E-state index contributed by atoms with van der Waals surface area (Å²) in [6, 6.07) is 10.9. The Morgan fingerprint density at radius 1 is 1.23 bits per heavy atom. The minimum absolute atomic E-state index is 0.365. The number of likely N-dealkylation sites (N-methyl/N-ethyl adjacent to an activating group) is 1. The number of hydrogen-bond donors (Lipinski definition) is 2. The van der Waals surface area contributed by atoms with Crippen molar-refractivity contribution in [3.05, 3.63) is 65.9 Å². The number of rotatable bonds is 4. The standard InChI is InChI=1S/C19H25N3/c1-15-18(14-20-2)19(16-10-6-3-4-7-11-16)21-22(15)17-12-8-5-9-13-17/h3-6,8-10,12-13,16,19-21H,7,11,14H2,1-2H3. The first-order valence-corrected chi connectivity index (χ1v) is 8.10. The fourth-order valence-electron chi connectivity index (χ4n) is 3.35. The van der Waals surface area contributed by atoms with Crippen LogP contribution in [0.1, 0.15) is 19.8 Å². The number of allylic oxidation sites excluding steroid dienone is 4. The molecule has 0 radical (unpaired) electrons. The molecule has 0 amide bonds. The van der Waals surface area contributed by atoms with Crippen LogP contribution in [0.15, 0.2) is 65.9 Å². The zero-order valence-electron chi connectivity index (χ0n) is 13.4. The summed E-state index contributed by atoms with van der Waals surface area (Å²) >= 11 is 0. The van der Waals surface area contributed by atoms with Crippen molar-refractivity contribution < 1.29 is 0 Å². The lowest BCUT2D eigenvalue weighted by Gasteiger charge is -2.26. The predicted octanol–water partition coefficient (Wildman–Crippen LogP) is 3.40. The van der Waals surface area contributed by atoms with Gasteiger partial charge in [0.25, 0.3) is 0 Å². The Morgan fingerprint density at radius 2 is 2.05 bits per heavy atom. The molecule has 0 spiro atoms. The maximum Gasteiger partial charge on any atom is 0.0574 e. The molecule has 1 heterocycles. The molecule has 0 saturated carbocycles. The van der Waals surface area contributed by atoms with Crippen molar-refractivity contribution in [2.75, 3.05) is 18.6 Å². The topological polar surface area (TPSA) is 27.3 Å². The van der Waals surface area contributed by atoms with Crippen molar-refractivity contribution in [2.24, 2.45) is 5.92 Å². The molecule has 1 aromatic carbocycles. The second-order valence-corrected chi connectivity index (χ2v) is 5.97. The highest BCUT2D eigenvalue weighted by Gasteiger charge is 2.33. The summed E-state index contributed by atoms with van der Waals surface area (Å²) in [5.41, 5.74) is 7.71. The van der Waals surface area contributed by atoms with Crippen molar-refractivity contribution in [3.8, 4) is 0 Å². The molecular formula is C19H25N3. The van der Waals surface area contributed by atoms with Crippen LogP contribution in [-0.2, 0) is 0 Å². The average molecular weight is 295 g/mol. The molecule has 3 nitrogen and oxygen atoms in total. The van der Waals surface area contributed by atoms with Gasteiger partial charge in [-0.05, 0) is 50.4 Å². The molecule has 2 N–H and O–H groups in total. The third kappa shape index (κ3) is 3.01. The Kier molecular flexibility index (Phi) is 4.76. The van der Waals surface area contributed by atoms with Crippen LogP contribution in [0.5, 0.6) is 0 Å². The summed E-state index contributed by atoms with van der Waals surface area (Å²) < 4.78 is 0. The van der Waals surface area contributed by atoms with Crippen LogP contribution in [0.2, 0.25) is 0 Å². The van der Waals surface area contributed by atoms with Gasteiger partial charge in [0.05, 0.1) is 11.7 Å². The third-order valence-electron chi connectivity index (χ3n) is 4.53. The van der Waals surface area contributed by atoms with Gasteiger partial charge in [-0.25, -0.2) is 5.43 Å². The normalized spacial score (nSPS) is 24.9. The maximum atomic E-state index is 3.73. The number of nitrogens with zero attached hydrogens (tertiary/aromatic N) is 1. The van der Waals surface area contributed by atoms with Crippen LogP contribution in [-0.4, -0.2) is 19.6 Å². The summed E-state index contributed by atoms with van der Waals surface area (Å²) in [5.74, 6) is 0.530. The highest BCUT2D eigenvalue weighted by Crippen LogP contribution is 2.32. The smallest absolute Gasteiger partial charge is 0.0574 e. The van der Waals surface area contributed by atoms with Crippen LogP contribution in [0.4, 0.5) is 5.69 Å². The second-order valence-electron chi connectivity index (χ2n) is 5.97. The van der Waals surface area contributed by atoms with Crippen LogP contribution in [0.3, 0.4) is 0 Å². The van der Waals surface area contributed by atoms with Gasteiger partial charge in [0.2, 0.25) is 0 Å². The Bertz CT molecular complexity index is 586. The van der Waals surface area contributed by atoms with Crippen LogP contribution < -0.4 is 15.8 Å². The molecule has 1 aliphatic heterocycles. The number of hydrogen-bond acceptors (Lipinski definition) is 3. The van der Waals surface area contributed by atoms with Gasteiger partial charge in [-0.15, -0.1) is 0 Å². The van der Waals surface area contributed by atoms with E-state index in [0.29, 0.717) is 12.0 Å². The summed E-state index contributed by atoms with van der Waals surface area (Å²) in [6.45, 7) is 3.13. The van der Waals surface area contributed by atoms with E-state index >= 15 is 0 Å². The van der Waals surface area contributed by atoms with E-state index in [2.05, 4.69) is 77.3 Å². The Morgan fingerprint density at radius 3 is 2.82 bits per heavy atom. The van der Waals surface area contributed by atoms with Gasteiger partial charge in [-0.3, -0.25) is 5.01 Å². The zero-order valence-corrected chi connectivity index (χ0v) is 13.4. The van der Waals surface area contributed by atoms with Crippen molar-refractivity contribution in [1.82, 2.24) is 10.7 Å². The number of para-hydroxylation sites is 1. The molecule has 3 heteroatoms. The fraction of sp³-hybridized carbons (Fsp3) is 0.368. The number of hydrazine groups is 1. The summed E-state index contributed by atoms with van der Waals surface area (Å²) in [7, 11) is 2.02. The van der Waals surface area contributed by atoms with Crippen molar-refractivity contribution in [2.45, 2.75) is 25.8 Å². The monoisotopic (exact) mass is 295 g/mol. The van der Waals surface area contributed by atoms with Crippen LogP contribution in [0, 0.1) is 5.92 Å². The molecule has 2 unspecified atom stereocenters. The van der Waals surface area contributed by atoms with Crippen molar-refractivity contribution >= 4 is 5.69 Å². The molecule has 116 valence electrons. The van der Waals surface area contributed by atoms with Crippen molar-refractivity contribution in [1.29, 1.82) is 0 Å². The van der Waals surface area contributed by atoms with Gasteiger partial charge in [0.1, 0.15) is 0 Å². The lowest BCUT2D eigenvalue weighted by atomic mass is 9.89. The molecule has 0 saturated heterocycles. The van der Waals surface area contributed by atoms with E-state index in [0.717, 1.165) is 13.0 Å². The third-order valence-corrected chi connectivity index (χ3v) is 4.53. The molecule has 3 rings (SSSR count). The van der Waals surface area contributed by atoms with E-state index in [4.69, 9.17) is 0 Å². The Hall–Kier alpha value is -1.84. The number of anilines is 1. The number of nitrogens with one attached hydrogen (secondary N) is 2. The van der Waals surface area contributed by atoms with Crippen molar-refractivity contribution in [3.63, 3.8) is 0 Å². The molecule has 1 aliphatic carbocycles. The van der Waals surface area contributed by atoms with E-state index in [1.54, 1.807) is 0 Å². The Balaban J connectivity index is 1.88. The van der Waals surface area contributed by atoms with E-state index in [1.807, 2.05) is 7.05 Å². The van der Waals surface area contributed by atoms with Gasteiger partial charge in [0, 0.05) is 12.2 Å². The fourth-order valence-corrected chi connectivity index (χ4v) is 3.35. The first kappa shape index (κ1) is 15.1. The van der Waals surface area contributed by atoms with Crippen LogP contribution >= 0.6 is 0 Å². The molecule has 22 heavy (non-hydrogen) atoms. The molecule has 2 aliphatic rings. The molecule has 0 bridgehead atoms. The Labute approximate surface area is 133 Å². The summed E-state index contributed by atoms with van der Waals surface area (Å²) in [5, 5.41) is 5.57. The predicted molar refractivity (Wildman–Crippen MR) is 93.5 cm³/mol. The number of benzene rings is 1. The highest BCUT2D eigenvalue weighted by atomic mass is 15.5. The maximum absolute atomic E-state index is 3.73. The quantitative estimate of drug-likeness (QED) is 0.891. The van der Waals surface area contributed by atoms with E-state index in [-0.39, 0.29) is 0 Å². The molecular weight excluding hydrogens is 270 g/mol. The van der Waals surface area contributed by atoms with Gasteiger partial charge in [-0.2, -0.15) is 0 Å². The first-order chi connectivity index (χ1) is 10.8. The minimum Gasteiger partial charge on any atom is -0.316 e. The van der Waals surface area contributed by atoms with E-state index < -0.39 is 0 Å². The lowest BCUT2D eigenvalue weighted by Crippen LogP contribution is -2.42. The van der Waals surface area contributed by atoms with E-state index in [1.165, 1.54) is 23.4 Å². The van der Waals surface area contributed by atoms with Crippen LogP contribution in [0.25, 0.3) is 0 Å². The average Bonchev–Trinajstić information content (AvgIpc) is 2.74. The first-order valence-electron chi connectivity index (χ1n) is 8.10. The molecule has 2 atom stereocenters. The van der Waals surface area contributed by atoms with Gasteiger partial charge < -0.3 is 5.32 Å². The van der Waals surface area contributed by atoms with Gasteiger partial charge >= 0.3 is 0 Å². The molecule has 1 aromatic rings. The van der Waals surface area contributed by atoms with E-state index in [9.17, 15) is 0 Å². The molecule has 0 aromatic heterocycles. The molecule has 0 fully saturated rings.